The summed E-state index contributed by atoms with van der Waals surface area (Å²) in [6.45, 7) is 0. The fraction of sp³-hybridized carbons (Fsp3) is 0.100. The van der Waals surface area contributed by atoms with Gasteiger partial charge < -0.3 is 4.18 Å². The SMILES string of the molecule is CS(=O)(=O)Oc1cncc(-c2cc3c(Cl)ccc(NS(=O)(=O)c4ccc(C(F)(F)F)cc4)n3n2)c1. The average molecular weight is 547 g/mol. The van der Waals surface area contributed by atoms with Gasteiger partial charge in [-0.15, -0.1) is 0 Å². The van der Waals surface area contributed by atoms with Crippen molar-refractivity contribution in [3.63, 3.8) is 0 Å². The van der Waals surface area contributed by atoms with E-state index in [0.717, 1.165) is 18.4 Å². The van der Waals surface area contributed by atoms with E-state index in [0.29, 0.717) is 23.2 Å². The van der Waals surface area contributed by atoms with Gasteiger partial charge in [0.05, 0.1) is 39.1 Å². The number of hydrogen-bond acceptors (Lipinski definition) is 7. The van der Waals surface area contributed by atoms with Crippen LogP contribution in [0.15, 0.2) is 65.8 Å². The van der Waals surface area contributed by atoms with Crippen molar-refractivity contribution in [3.05, 3.63) is 71.5 Å². The number of nitrogens with one attached hydrogen (secondary N) is 1. The highest BCUT2D eigenvalue weighted by atomic mass is 35.5. The molecule has 0 saturated carbocycles. The number of alkyl halides is 3. The van der Waals surface area contributed by atoms with Gasteiger partial charge >= 0.3 is 16.3 Å². The first-order valence-electron chi connectivity index (χ1n) is 9.46. The second-order valence-electron chi connectivity index (χ2n) is 7.22. The van der Waals surface area contributed by atoms with Crippen LogP contribution >= 0.6 is 11.6 Å². The molecule has 0 amide bonds. The monoisotopic (exact) mass is 546 g/mol. The third kappa shape index (κ3) is 5.49. The Kier molecular flexibility index (Phi) is 6.15. The van der Waals surface area contributed by atoms with E-state index in [1.165, 1.54) is 41.2 Å². The topological polar surface area (TPSA) is 120 Å². The molecule has 3 heterocycles. The Morgan fingerprint density at radius 3 is 2.31 bits per heavy atom. The number of nitrogens with zero attached hydrogens (tertiary/aromatic N) is 3. The van der Waals surface area contributed by atoms with Gasteiger partial charge in [0.1, 0.15) is 5.82 Å². The molecule has 0 spiro atoms. The molecule has 4 rings (SSSR count). The molecule has 0 aliphatic rings. The molecule has 3 aromatic heterocycles. The lowest BCUT2D eigenvalue weighted by Crippen LogP contribution is -2.16. The molecule has 1 N–H and O–H groups in total. The Balaban J connectivity index is 1.71. The highest BCUT2D eigenvalue weighted by Crippen LogP contribution is 2.31. The largest absolute Gasteiger partial charge is 0.416 e. The molecule has 0 atom stereocenters. The molecular weight excluding hydrogens is 533 g/mol. The maximum atomic E-state index is 12.8. The number of hydrogen-bond donors (Lipinski definition) is 1. The van der Waals surface area contributed by atoms with E-state index >= 15 is 0 Å². The number of pyridine rings is 2. The molecular formula is C20H14ClF3N4O5S2. The third-order valence-electron chi connectivity index (χ3n) is 4.56. The minimum Gasteiger partial charge on any atom is -0.381 e. The summed E-state index contributed by atoms with van der Waals surface area (Å²) in [5, 5.41) is 4.54. The number of anilines is 1. The highest BCUT2D eigenvalue weighted by Gasteiger charge is 2.30. The van der Waals surface area contributed by atoms with Crippen molar-refractivity contribution in [2.75, 3.05) is 11.0 Å². The lowest BCUT2D eigenvalue weighted by Gasteiger charge is -2.11. The molecule has 0 radical (unpaired) electrons. The van der Waals surface area contributed by atoms with Crippen LogP contribution < -0.4 is 8.91 Å². The van der Waals surface area contributed by atoms with Crippen LogP contribution in [0.2, 0.25) is 5.02 Å². The van der Waals surface area contributed by atoms with E-state index in [1.807, 2.05) is 0 Å². The van der Waals surface area contributed by atoms with Gasteiger partial charge in [0, 0.05) is 11.8 Å². The molecule has 0 saturated heterocycles. The van der Waals surface area contributed by atoms with E-state index in [2.05, 4.69) is 14.8 Å². The molecule has 4 aromatic rings. The first-order chi connectivity index (χ1) is 16.2. The van der Waals surface area contributed by atoms with Crippen molar-refractivity contribution in [3.8, 4) is 17.0 Å². The first-order valence-corrected chi connectivity index (χ1v) is 13.1. The Bertz CT molecular complexity index is 1640. The van der Waals surface area contributed by atoms with Crippen LogP contribution in [0.5, 0.6) is 5.75 Å². The van der Waals surface area contributed by atoms with E-state index in [1.54, 1.807) is 0 Å². The summed E-state index contributed by atoms with van der Waals surface area (Å²) in [7, 11) is -8.08. The smallest absolute Gasteiger partial charge is 0.381 e. The van der Waals surface area contributed by atoms with Crippen molar-refractivity contribution >= 4 is 43.1 Å². The molecule has 9 nitrogen and oxygen atoms in total. The molecule has 0 fully saturated rings. The zero-order valence-electron chi connectivity index (χ0n) is 17.5. The maximum Gasteiger partial charge on any atom is 0.416 e. The normalized spacial score (nSPS) is 12.6. The van der Waals surface area contributed by atoms with Crippen LogP contribution in [0.4, 0.5) is 19.0 Å². The number of fused-ring (bicyclic) bond motifs is 1. The van der Waals surface area contributed by atoms with Crippen LogP contribution in [-0.2, 0) is 26.3 Å². The van der Waals surface area contributed by atoms with Crippen molar-refractivity contribution in [2.45, 2.75) is 11.1 Å². The average Bonchev–Trinajstić information content (AvgIpc) is 3.21. The maximum absolute atomic E-state index is 12.8. The summed E-state index contributed by atoms with van der Waals surface area (Å²) < 4.78 is 95.0. The summed E-state index contributed by atoms with van der Waals surface area (Å²) in [5.41, 5.74) is -0.0801. The van der Waals surface area contributed by atoms with Gasteiger partial charge in [-0.05, 0) is 48.5 Å². The predicted octanol–water partition coefficient (Wildman–Crippen LogP) is 4.21. The number of rotatable bonds is 6. The van der Waals surface area contributed by atoms with Crippen molar-refractivity contribution in [1.29, 1.82) is 0 Å². The minimum atomic E-state index is -4.61. The van der Waals surface area contributed by atoms with Gasteiger partial charge in [0.2, 0.25) is 0 Å². The zero-order valence-corrected chi connectivity index (χ0v) is 19.9. The second-order valence-corrected chi connectivity index (χ2v) is 10.9. The number of halogens is 4. The third-order valence-corrected chi connectivity index (χ3v) is 6.74. The van der Waals surface area contributed by atoms with E-state index < -0.39 is 36.8 Å². The van der Waals surface area contributed by atoms with Crippen LogP contribution in [-0.4, -0.2) is 37.7 Å². The van der Waals surface area contributed by atoms with Gasteiger partial charge in [-0.1, -0.05) is 11.6 Å². The van der Waals surface area contributed by atoms with E-state index in [-0.39, 0.29) is 22.3 Å². The van der Waals surface area contributed by atoms with Crippen molar-refractivity contribution in [2.24, 2.45) is 0 Å². The standard InChI is InChI=1S/C20H14ClF3N4O5S2/c1-34(29,30)33-14-8-12(10-25-11-14)17-9-18-16(21)6-7-19(28(18)26-17)27-35(31,32)15-4-2-13(3-5-15)20(22,23)24/h2-11,27H,1H3. The lowest BCUT2D eigenvalue weighted by atomic mass is 10.2. The Morgan fingerprint density at radius 1 is 1.00 bits per heavy atom. The van der Waals surface area contributed by atoms with E-state index in [9.17, 15) is 30.0 Å². The van der Waals surface area contributed by atoms with Crippen LogP contribution in [0.25, 0.3) is 16.8 Å². The molecule has 0 aliphatic carbocycles. The van der Waals surface area contributed by atoms with Crippen LogP contribution in [0.3, 0.4) is 0 Å². The number of benzene rings is 1. The molecule has 0 unspecified atom stereocenters. The van der Waals surface area contributed by atoms with E-state index in [4.69, 9.17) is 15.8 Å². The molecule has 0 aliphatic heterocycles. The quantitative estimate of drug-likeness (QED) is 0.360. The van der Waals surface area contributed by atoms with Crippen LogP contribution in [0.1, 0.15) is 5.56 Å². The summed E-state index contributed by atoms with van der Waals surface area (Å²) in [6, 6.07) is 8.63. The minimum absolute atomic E-state index is 0.0490. The molecule has 15 heteroatoms. The summed E-state index contributed by atoms with van der Waals surface area (Å²) in [6.07, 6.45) is -1.16. The lowest BCUT2D eigenvalue weighted by molar-refractivity contribution is -0.137. The highest BCUT2D eigenvalue weighted by molar-refractivity contribution is 7.92. The second kappa shape index (κ2) is 8.70. The first kappa shape index (κ1) is 24.8. The number of aromatic nitrogens is 3. The zero-order chi connectivity index (χ0) is 25.6. The van der Waals surface area contributed by atoms with Gasteiger partial charge in [0.25, 0.3) is 10.0 Å². The molecule has 35 heavy (non-hydrogen) atoms. The predicted molar refractivity (Wildman–Crippen MR) is 121 cm³/mol. The molecule has 1 aromatic carbocycles. The Hall–Kier alpha value is -3.36. The summed E-state index contributed by atoms with van der Waals surface area (Å²) in [5.74, 6) is -0.108. The Morgan fingerprint density at radius 2 is 1.69 bits per heavy atom. The van der Waals surface area contributed by atoms with Crippen molar-refractivity contribution in [1.82, 2.24) is 14.6 Å². The Labute approximate surface area is 202 Å². The fourth-order valence-corrected chi connectivity index (χ4v) is 4.74. The van der Waals surface area contributed by atoms with Gasteiger partial charge in [-0.2, -0.15) is 26.7 Å². The van der Waals surface area contributed by atoms with Gasteiger partial charge in [-0.25, -0.2) is 12.9 Å². The fourth-order valence-electron chi connectivity index (χ4n) is 3.06. The van der Waals surface area contributed by atoms with Crippen molar-refractivity contribution < 1.29 is 34.2 Å². The van der Waals surface area contributed by atoms with Gasteiger partial charge in [-0.3, -0.25) is 9.71 Å². The van der Waals surface area contributed by atoms with Crippen LogP contribution in [0, 0.1) is 0 Å². The molecule has 0 bridgehead atoms. The number of sulfonamides is 1. The summed E-state index contributed by atoms with van der Waals surface area (Å²) >= 11 is 6.23. The van der Waals surface area contributed by atoms with Gasteiger partial charge in [0.15, 0.2) is 5.75 Å². The molecule has 184 valence electrons. The summed E-state index contributed by atoms with van der Waals surface area (Å²) in [4.78, 5) is 3.53.